The van der Waals surface area contributed by atoms with Gasteiger partial charge < -0.3 is 10.4 Å². The van der Waals surface area contributed by atoms with Crippen LogP contribution in [0.25, 0.3) is 11.3 Å². The molecular weight excluding hydrogens is 441 g/mol. The number of hydrogen-bond donors (Lipinski definition) is 3. The van der Waals surface area contributed by atoms with E-state index in [1.807, 2.05) is 31.2 Å². The third-order valence-corrected chi connectivity index (χ3v) is 4.88. The van der Waals surface area contributed by atoms with Gasteiger partial charge in [-0.05, 0) is 37.3 Å². The topological polar surface area (TPSA) is 100 Å². The minimum atomic E-state index is -0.966. The third kappa shape index (κ3) is 5.87. The number of carboxylic acid groups (broad SMARTS) is 1. The molecule has 31 heavy (non-hydrogen) atoms. The fourth-order valence-electron chi connectivity index (χ4n) is 2.96. The predicted octanol–water partition coefficient (Wildman–Crippen LogP) is 4.50. The van der Waals surface area contributed by atoms with Crippen LogP contribution in [0.5, 0.6) is 0 Å². The fraction of sp³-hybridized carbons (Fsp3) is 0.136. The highest BCUT2D eigenvalue weighted by atomic mass is 35.5. The summed E-state index contributed by atoms with van der Waals surface area (Å²) in [6.07, 6.45) is 0.0490. The molecule has 2 aromatic carbocycles. The highest BCUT2D eigenvalue weighted by Gasteiger charge is 2.19. The van der Waals surface area contributed by atoms with Crippen LogP contribution in [0, 0.1) is 6.92 Å². The van der Waals surface area contributed by atoms with Crippen molar-refractivity contribution in [2.24, 2.45) is 0 Å². The minimum Gasteiger partial charge on any atom is -0.481 e. The Kier molecular flexibility index (Phi) is 6.99. The molecule has 0 spiro atoms. The number of aryl methyl sites for hydroxylation is 2. The van der Waals surface area contributed by atoms with Gasteiger partial charge in [0, 0.05) is 33.4 Å². The van der Waals surface area contributed by atoms with E-state index in [9.17, 15) is 14.4 Å². The predicted molar refractivity (Wildman–Crippen MR) is 120 cm³/mol. The van der Waals surface area contributed by atoms with Gasteiger partial charge in [-0.2, -0.15) is 0 Å². The number of anilines is 1. The molecule has 2 amide bonds. The zero-order valence-corrected chi connectivity index (χ0v) is 18.0. The molecule has 0 aliphatic rings. The molecule has 0 bridgehead atoms. The van der Waals surface area contributed by atoms with Gasteiger partial charge in [0.15, 0.2) is 0 Å². The maximum atomic E-state index is 12.6. The van der Waals surface area contributed by atoms with Gasteiger partial charge >= 0.3 is 17.8 Å². The average Bonchev–Trinajstić information content (AvgIpc) is 3.08. The zero-order chi connectivity index (χ0) is 22.5. The SMILES string of the molecule is Cc1ccc(-c2ccc(CCC(=O)O)n2NC(=O)C(=O)Nc2cc(Cl)cc(Cl)c2)cc1. The molecule has 0 fully saturated rings. The number of aromatic nitrogens is 1. The monoisotopic (exact) mass is 459 g/mol. The van der Waals surface area contributed by atoms with Crippen molar-refractivity contribution in [2.75, 3.05) is 10.7 Å². The summed E-state index contributed by atoms with van der Waals surface area (Å²) in [6, 6.07) is 15.5. The van der Waals surface area contributed by atoms with Gasteiger partial charge in [-0.25, -0.2) is 0 Å². The Bertz CT molecular complexity index is 1120. The number of amides is 2. The van der Waals surface area contributed by atoms with E-state index in [1.54, 1.807) is 12.1 Å². The number of nitrogens with one attached hydrogen (secondary N) is 2. The smallest absolute Gasteiger partial charge is 0.328 e. The van der Waals surface area contributed by atoms with Crippen LogP contribution in [0.1, 0.15) is 17.7 Å². The molecule has 0 saturated carbocycles. The van der Waals surface area contributed by atoms with Crippen LogP contribution in [0.4, 0.5) is 5.69 Å². The van der Waals surface area contributed by atoms with E-state index in [1.165, 1.54) is 22.9 Å². The molecule has 7 nitrogen and oxygen atoms in total. The second-order valence-corrected chi connectivity index (χ2v) is 7.73. The summed E-state index contributed by atoms with van der Waals surface area (Å²) in [5.41, 5.74) is 5.86. The molecule has 0 saturated heterocycles. The van der Waals surface area contributed by atoms with Gasteiger partial charge in [0.05, 0.1) is 12.1 Å². The van der Waals surface area contributed by atoms with E-state index >= 15 is 0 Å². The van der Waals surface area contributed by atoms with Gasteiger partial charge in [-0.1, -0.05) is 53.0 Å². The number of rotatable bonds is 6. The third-order valence-electron chi connectivity index (χ3n) is 4.44. The molecule has 160 valence electrons. The lowest BCUT2D eigenvalue weighted by Crippen LogP contribution is -2.35. The van der Waals surface area contributed by atoms with E-state index < -0.39 is 17.8 Å². The number of nitrogens with zero attached hydrogens (tertiary/aromatic N) is 1. The van der Waals surface area contributed by atoms with Crippen LogP contribution in [0.15, 0.2) is 54.6 Å². The number of carbonyl (C=O) groups is 3. The summed E-state index contributed by atoms with van der Waals surface area (Å²) in [7, 11) is 0. The number of halogens is 2. The molecule has 3 N–H and O–H groups in total. The number of aliphatic carboxylic acids is 1. The maximum Gasteiger partial charge on any atom is 0.328 e. The summed E-state index contributed by atoms with van der Waals surface area (Å²) in [6.45, 7) is 1.95. The van der Waals surface area contributed by atoms with Crippen molar-refractivity contribution in [1.29, 1.82) is 0 Å². The van der Waals surface area contributed by atoms with Crippen molar-refractivity contribution in [3.8, 4) is 11.3 Å². The van der Waals surface area contributed by atoms with E-state index in [2.05, 4.69) is 10.7 Å². The minimum absolute atomic E-state index is 0.125. The summed E-state index contributed by atoms with van der Waals surface area (Å²) >= 11 is 11.8. The highest BCUT2D eigenvalue weighted by molar-refractivity contribution is 6.43. The molecule has 3 rings (SSSR count). The van der Waals surface area contributed by atoms with Crippen LogP contribution < -0.4 is 10.7 Å². The standard InChI is InChI=1S/C22H19Cl2N3O4/c1-13-2-4-14(5-3-13)19-8-6-18(7-9-20(28)29)27(19)26-22(31)21(30)25-17-11-15(23)10-16(24)12-17/h2-6,8,10-12H,7,9H2,1H3,(H,25,30)(H,26,31)(H,28,29). The number of hydrogen-bond acceptors (Lipinski definition) is 3. The first-order valence-electron chi connectivity index (χ1n) is 9.31. The van der Waals surface area contributed by atoms with E-state index in [4.69, 9.17) is 28.3 Å². The van der Waals surface area contributed by atoms with Crippen molar-refractivity contribution in [3.63, 3.8) is 0 Å². The van der Waals surface area contributed by atoms with Crippen molar-refractivity contribution in [3.05, 3.63) is 75.9 Å². The quantitative estimate of drug-likeness (QED) is 0.472. The second kappa shape index (κ2) is 9.68. The Morgan fingerprint density at radius 2 is 1.58 bits per heavy atom. The van der Waals surface area contributed by atoms with Crippen LogP contribution in [0.2, 0.25) is 10.0 Å². The van der Waals surface area contributed by atoms with Crippen molar-refractivity contribution >= 4 is 46.7 Å². The first kappa shape index (κ1) is 22.4. The van der Waals surface area contributed by atoms with Crippen molar-refractivity contribution < 1.29 is 19.5 Å². The first-order chi connectivity index (χ1) is 14.7. The van der Waals surface area contributed by atoms with Gasteiger partial charge in [0.25, 0.3) is 0 Å². The zero-order valence-electron chi connectivity index (χ0n) is 16.5. The van der Waals surface area contributed by atoms with Crippen LogP contribution >= 0.6 is 23.2 Å². The molecule has 0 unspecified atom stereocenters. The lowest BCUT2D eigenvalue weighted by atomic mass is 10.1. The molecule has 0 aliphatic heterocycles. The Morgan fingerprint density at radius 3 is 2.19 bits per heavy atom. The van der Waals surface area contributed by atoms with Crippen LogP contribution in [-0.4, -0.2) is 27.6 Å². The molecule has 9 heteroatoms. The number of carbonyl (C=O) groups excluding carboxylic acids is 2. The Morgan fingerprint density at radius 1 is 0.935 bits per heavy atom. The van der Waals surface area contributed by atoms with Gasteiger partial charge in [0.1, 0.15) is 0 Å². The summed E-state index contributed by atoms with van der Waals surface area (Å²) < 4.78 is 1.43. The Hall–Kier alpha value is -3.29. The van der Waals surface area contributed by atoms with E-state index in [-0.39, 0.29) is 18.5 Å². The largest absolute Gasteiger partial charge is 0.481 e. The average molecular weight is 460 g/mol. The molecule has 1 aromatic heterocycles. The molecule has 0 aliphatic carbocycles. The molecule has 0 radical (unpaired) electrons. The lowest BCUT2D eigenvalue weighted by Gasteiger charge is -2.15. The van der Waals surface area contributed by atoms with Gasteiger partial charge in [-0.3, -0.25) is 24.5 Å². The number of carboxylic acids is 1. The van der Waals surface area contributed by atoms with Crippen molar-refractivity contribution in [1.82, 2.24) is 4.68 Å². The van der Waals surface area contributed by atoms with Crippen molar-refractivity contribution in [2.45, 2.75) is 19.8 Å². The molecule has 0 atom stereocenters. The normalized spacial score (nSPS) is 10.5. The molecule has 3 aromatic rings. The second-order valence-electron chi connectivity index (χ2n) is 6.86. The van der Waals surface area contributed by atoms with Crippen LogP contribution in [-0.2, 0) is 20.8 Å². The maximum absolute atomic E-state index is 12.6. The number of benzene rings is 2. The molecular formula is C22H19Cl2N3O4. The van der Waals surface area contributed by atoms with Gasteiger partial charge in [-0.15, -0.1) is 0 Å². The fourth-order valence-corrected chi connectivity index (χ4v) is 3.48. The van der Waals surface area contributed by atoms with E-state index in [0.717, 1.165) is 11.1 Å². The van der Waals surface area contributed by atoms with E-state index in [0.29, 0.717) is 21.4 Å². The molecule has 1 heterocycles. The van der Waals surface area contributed by atoms with Gasteiger partial charge in [0.2, 0.25) is 0 Å². The summed E-state index contributed by atoms with van der Waals surface area (Å²) in [5, 5.41) is 12.1. The summed E-state index contributed by atoms with van der Waals surface area (Å²) in [5.74, 6) is -2.82. The Balaban J connectivity index is 1.85. The summed E-state index contributed by atoms with van der Waals surface area (Å²) in [4.78, 5) is 36.0. The van der Waals surface area contributed by atoms with Crippen LogP contribution in [0.3, 0.4) is 0 Å². The Labute approximate surface area is 188 Å². The first-order valence-corrected chi connectivity index (χ1v) is 10.1. The lowest BCUT2D eigenvalue weighted by molar-refractivity contribution is -0.137. The highest BCUT2D eigenvalue weighted by Crippen LogP contribution is 2.24.